The van der Waals surface area contributed by atoms with Crippen LogP contribution >= 0.6 is 0 Å². The maximum atomic E-state index is 12.2. The molecule has 6 heteroatoms. The minimum atomic E-state index is -0.207. The molecule has 138 valence electrons. The second-order valence-corrected chi connectivity index (χ2v) is 6.75. The molecular weight excluding hydrogens is 340 g/mol. The molecule has 1 aromatic carbocycles. The first-order valence-electron chi connectivity index (χ1n) is 9.27. The Balaban J connectivity index is 1.50. The van der Waals surface area contributed by atoms with Gasteiger partial charge in [-0.2, -0.15) is 0 Å². The van der Waals surface area contributed by atoms with E-state index in [2.05, 4.69) is 20.1 Å². The van der Waals surface area contributed by atoms with E-state index in [1.807, 2.05) is 43.3 Å². The largest absolute Gasteiger partial charge is 0.462 e. The smallest absolute Gasteiger partial charge is 0.248 e. The highest BCUT2D eigenvalue weighted by Gasteiger charge is 2.16. The number of nitrogens with one attached hydrogen (secondary N) is 1. The zero-order chi connectivity index (χ0) is 18.6. The molecule has 1 amide bonds. The van der Waals surface area contributed by atoms with E-state index in [-0.39, 0.29) is 5.91 Å². The van der Waals surface area contributed by atoms with Crippen LogP contribution < -0.4 is 5.32 Å². The molecule has 0 radical (unpaired) electrons. The zero-order valence-electron chi connectivity index (χ0n) is 15.3. The van der Waals surface area contributed by atoms with Crippen molar-refractivity contribution in [2.24, 2.45) is 0 Å². The van der Waals surface area contributed by atoms with Crippen LogP contribution in [0.3, 0.4) is 0 Å². The van der Waals surface area contributed by atoms with E-state index >= 15 is 0 Å². The number of nitrogens with zero attached hydrogens (tertiary/aromatic N) is 3. The number of furan rings is 1. The van der Waals surface area contributed by atoms with E-state index < -0.39 is 0 Å². The Morgan fingerprint density at radius 1 is 1.19 bits per heavy atom. The van der Waals surface area contributed by atoms with Crippen molar-refractivity contribution in [2.45, 2.75) is 39.2 Å². The van der Waals surface area contributed by atoms with Gasteiger partial charge in [-0.15, -0.1) is 10.2 Å². The average molecular weight is 362 g/mol. The monoisotopic (exact) mass is 362 g/mol. The standard InChI is InChI=1S/C21H22N4O2/c1-15-9-10-18(27-15)11-12-20(26)22-17-7-5-6-16(14-17)21-24-23-19-8-3-2-4-13-25(19)21/h5-7,9-12,14H,2-4,8,13H2,1H3,(H,22,26)/b12-11+. The molecule has 2 aromatic heterocycles. The third-order valence-electron chi connectivity index (χ3n) is 4.66. The number of aromatic nitrogens is 3. The van der Waals surface area contributed by atoms with Crippen molar-refractivity contribution in [2.75, 3.05) is 5.32 Å². The number of carbonyl (C=O) groups is 1. The van der Waals surface area contributed by atoms with Gasteiger partial charge in [0.05, 0.1) is 0 Å². The molecule has 27 heavy (non-hydrogen) atoms. The molecule has 1 N–H and O–H groups in total. The number of benzene rings is 1. The average Bonchev–Trinajstić information content (AvgIpc) is 3.19. The van der Waals surface area contributed by atoms with Gasteiger partial charge in [0.25, 0.3) is 0 Å². The maximum absolute atomic E-state index is 12.2. The highest BCUT2D eigenvalue weighted by Crippen LogP contribution is 2.24. The number of anilines is 1. The Bertz CT molecular complexity index is 984. The van der Waals surface area contributed by atoms with Gasteiger partial charge in [0, 0.05) is 30.3 Å². The second kappa shape index (κ2) is 7.61. The van der Waals surface area contributed by atoms with E-state index in [0.29, 0.717) is 5.76 Å². The van der Waals surface area contributed by atoms with Gasteiger partial charge >= 0.3 is 0 Å². The lowest BCUT2D eigenvalue weighted by Gasteiger charge is -2.08. The molecule has 1 aliphatic heterocycles. The Morgan fingerprint density at radius 2 is 2.11 bits per heavy atom. The van der Waals surface area contributed by atoms with E-state index in [9.17, 15) is 4.79 Å². The number of aryl methyl sites for hydroxylation is 2. The number of rotatable bonds is 4. The number of amides is 1. The van der Waals surface area contributed by atoms with Crippen LogP contribution in [0.1, 0.15) is 36.6 Å². The summed E-state index contributed by atoms with van der Waals surface area (Å²) in [6.07, 6.45) is 7.63. The first-order chi connectivity index (χ1) is 13.2. The molecule has 0 aliphatic carbocycles. The quantitative estimate of drug-likeness (QED) is 0.705. The molecule has 3 aromatic rings. The van der Waals surface area contributed by atoms with Crippen molar-refractivity contribution in [3.05, 3.63) is 59.8 Å². The van der Waals surface area contributed by atoms with Crippen LogP contribution in [0, 0.1) is 6.92 Å². The number of carbonyl (C=O) groups excluding carboxylic acids is 1. The van der Waals surface area contributed by atoms with Crippen LogP contribution in [-0.2, 0) is 17.8 Å². The lowest BCUT2D eigenvalue weighted by Crippen LogP contribution is -2.08. The maximum Gasteiger partial charge on any atom is 0.248 e. The highest BCUT2D eigenvalue weighted by molar-refractivity contribution is 6.02. The third-order valence-corrected chi connectivity index (χ3v) is 4.66. The van der Waals surface area contributed by atoms with Gasteiger partial charge in [-0.3, -0.25) is 4.79 Å². The summed E-state index contributed by atoms with van der Waals surface area (Å²) in [5.41, 5.74) is 1.68. The number of hydrogen-bond donors (Lipinski definition) is 1. The Hall–Kier alpha value is -3.15. The van der Waals surface area contributed by atoms with Crippen LogP contribution in [0.5, 0.6) is 0 Å². The molecule has 0 spiro atoms. The summed E-state index contributed by atoms with van der Waals surface area (Å²) >= 11 is 0. The summed E-state index contributed by atoms with van der Waals surface area (Å²) in [4.78, 5) is 12.2. The minimum Gasteiger partial charge on any atom is -0.462 e. The van der Waals surface area contributed by atoms with Gasteiger partial charge in [0.15, 0.2) is 5.82 Å². The molecule has 0 saturated carbocycles. The van der Waals surface area contributed by atoms with Crippen molar-refractivity contribution in [3.8, 4) is 11.4 Å². The molecular formula is C21H22N4O2. The van der Waals surface area contributed by atoms with Crippen molar-refractivity contribution in [1.82, 2.24) is 14.8 Å². The van der Waals surface area contributed by atoms with Crippen molar-refractivity contribution < 1.29 is 9.21 Å². The fourth-order valence-corrected chi connectivity index (χ4v) is 3.32. The molecule has 0 bridgehead atoms. The molecule has 6 nitrogen and oxygen atoms in total. The fraction of sp³-hybridized carbons (Fsp3) is 0.286. The first kappa shape index (κ1) is 17.3. The van der Waals surface area contributed by atoms with Crippen molar-refractivity contribution in [3.63, 3.8) is 0 Å². The lowest BCUT2D eigenvalue weighted by atomic mass is 10.2. The molecule has 0 atom stereocenters. The molecule has 0 fully saturated rings. The second-order valence-electron chi connectivity index (χ2n) is 6.75. The van der Waals surface area contributed by atoms with E-state index in [4.69, 9.17) is 4.42 Å². The zero-order valence-corrected chi connectivity index (χ0v) is 15.3. The molecule has 4 rings (SSSR count). The Kier molecular flexibility index (Phi) is 4.87. The summed E-state index contributed by atoms with van der Waals surface area (Å²) in [7, 11) is 0. The van der Waals surface area contributed by atoms with Crippen LogP contribution in [0.2, 0.25) is 0 Å². The topological polar surface area (TPSA) is 73.0 Å². The predicted octanol–water partition coefficient (Wildman–Crippen LogP) is 4.22. The summed E-state index contributed by atoms with van der Waals surface area (Å²) < 4.78 is 7.63. The van der Waals surface area contributed by atoms with Crippen LogP contribution in [0.25, 0.3) is 17.5 Å². The van der Waals surface area contributed by atoms with Crippen LogP contribution in [0.4, 0.5) is 5.69 Å². The van der Waals surface area contributed by atoms with Gasteiger partial charge in [0.2, 0.25) is 5.91 Å². The summed E-state index contributed by atoms with van der Waals surface area (Å²) in [6.45, 7) is 2.81. The highest BCUT2D eigenvalue weighted by atomic mass is 16.3. The molecule has 3 heterocycles. The predicted molar refractivity (Wildman–Crippen MR) is 104 cm³/mol. The summed E-state index contributed by atoms with van der Waals surface area (Å²) in [6, 6.07) is 11.4. The fourth-order valence-electron chi connectivity index (χ4n) is 3.32. The van der Waals surface area contributed by atoms with Crippen LogP contribution in [0.15, 0.2) is 46.9 Å². The van der Waals surface area contributed by atoms with Gasteiger partial charge in [-0.25, -0.2) is 0 Å². The van der Waals surface area contributed by atoms with E-state index in [1.54, 1.807) is 6.08 Å². The molecule has 1 aliphatic rings. The normalized spacial score (nSPS) is 14.1. The van der Waals surface area contributed by atoms with Crippen molar-refractivity contribution in [1.29, 1.82) is 0 Å². The van der Waals surface area contributed by atoms with Gasteiger partial charge < -0.3 is 14.3 Å². The SMILES string of the molecule is Cc1ccc(/C=C/C(=O)Nc2cccc(-c3nnc4n3CCCCC4)c2)o1. The number of fused-ring (bicyclic) bond motifs is 1. The van der Waals surface area contributed by atoms with Gasteiger partial charge in [0.1, 0.15) is 17.3 Å². The van der Waals surface area contributed by atoms with Gasteiger partial charge in [-0.05, 0) is 50.1 Å². The minimum absolute atomic E-state index is 0.207. The molecule has 0 saturated heterocycles. The van der Waals surface area contributed by atoms with Crippen molar-refractivity contribution >= 4 is 17.7 Å². The van der Waals surface area contributed by atoms with Gasteiger partial charge in [-0.1, -0.05) is 18.6 Å². The first-order valence-corrected chi connectivity index (χ1v) is 9.27. The lowest BCUT2D eigenvalue weighted by molar-refractivity contribution is -0.111. The third kappa shape index (κ3) is 4.00. The number of hydrogen-bond acceptors (Lipinski definition) is 4. The van der Waals surface area contributed by atoms with Crippen LogP contribution in [-0.4, -0.2) is 20.7 Å². The summed E-state index contributed by atoms with van der Waals surface area (Å²) in [5.74, 6) is 3.18. The summed E-state index contributed by atoms with van der Waals surface area (Å²) in [5, 5.41) is 11.6. The van der Waals surface area contributed by atoms with E-state index in [1.165, 1.54) is 12.5 Å². The Morgan fingerprint density at radius 3 is 2.96 bits per heavy atom. The van der Waals surface area contributed by atoms with E-state index in [0.717, 1.165) is 54.5 Å². The molecule has 0 unspecified atom stereocenters. The Labute approximate surface area is 157 Å².